The summed E-state index contributed by atoms with van der Waals surface area (Å²) in [5.74, 6) is -1.26. The van der Waals surface area contributed by atoms with Crippen LogP contribution in [0, 0.1) is 0 Å². The number of hydrogen-bond donors (Lipinski definition) is 3. The van der Waals surface area contributed by atoms with E-state index in [1.165, 1.54) is 0 Å². The van der Waals surface area contributed by atoms with E-state index in [4.69, 9.17) is 9.84 Å². The summed E-state index contributed by atoms with van der Waals surface area (Å²) in [6.45, 7) is 0. The minimum Gasteiger partial charge on any atom is -0.481 e. The summed E-state index contributed by atoms with van der Waals surface area (Å²) in [6, 6.07) is -0.437. The van der Waals surface area contributed by atoms with Crippen molar-refractivity contribution < 1.29 is 24.2 Å². The molecule has 0 unspecified atom stereocenters. The Morgan fingerprint density at radius 3 is 2.42 bits per heavy atom. The number of carboxylic acid groups (broad SMARTS) is 1. The summed E-state index contributed by atoms with van der Waals surface area (Å²) in [7, 11) is 1.63. The van der Waals surface area contributed by atoms with E-state index in [1.54, 1.807) is 7.11 Å². The summed E-state index contributed by atoms with van der Waals surface area (Å²) < 4.78 is 5.08. The van der Waals surface area contributed by atoms with E-state index in [1.807, 2.05) is 0 Å². The summed E-state index contributed by atoms with van der Waals surface area (Å²) in [5, 5.41) is 13.3. The molecule has 1 saturated carbocycles. The summed E-state index contributed by atoms with van der Waals surface area (Å²) in [4.78, 5) is 33.0. The van der Waals surface area contributed by atoms with E-state index in [0.29, 0.717) is 12.8 Å². The van der Waals surface area contributed by atoms with Gasteiger partial charge in [-0.1, -0.05) is 0 Å². The molecule has 7 heteroatoms. The third-order valence-corrected chi connectivity index (χ3v) is 3.06. The van der Waals surface area contributed by atoms with Crippen LogP contribution >= 0.6 is 0 Å². The fourth-order valence-electron chi connectivity index (χ4n) is 1.85. The highest BCUT2D eigenvalue weighted by molar-refractivity contribution is 5.94. The smallest absolute Gasteiger partial charge is 0.321 e. The van der Waals surface area contributed by atoms with Gasteiger partial charge in [0.1, 0.15) is 0 Å². The fraction of sp³-hybridized carbons (Fsp3) is 0.750. The third kappa shape index (κ3) is 6.19. The van der Waals surface area contributed by atoms with Gasteiger partial charge in [0.2, 0.25) is 5.91 Å². The van der Waals surface area contributed by atoms with Crippen LogP contribution in [0.25, 0.3) is 0 Å². The zero-order valence-corrected chi connectivity index (χ0v) is 11.0. The molecule has 3 N–H and O–H groups in total. The predicted molar refractivity (Wildman–Crippen MR) is 66.6 cm³/mol. The molecule has 1 aliphatic carbocycles. The van der Waals surface area contributed by atoms with Gasteiger partial charge in [0.25, 0.3) is 0 Å². The normalized spacial score (nSPS) is 21.3. The number of amides is 3. The van der Waals surface area contributed by atoms with Crippen LogP contribution in [0.3, 0.4) is 0 Å². The number of unbranched alkanes of at least 4 members (excludes halogenated alkanes) is 1. The van der Waals surface area contributed by atoms with Gasteiger partial charge in [0.05, 0.1) is 6.10 Å². The van der Waals surface area contributed by atoms with Crippen molar-refractivity contribution >= 4 is 17.9 Å². The number of nitrogens with one attached hydrogen (secondary N) is 2. The van der Waals surface area contributed by atoms with Crippen molar-refractivity contribution in [3.63, 3.8) is 0 Å². The number of rotatable bonds is 7. The molecule has 0 aromatic heterocycles. The molecule has 0 saturated heterocycles. The van der Waals surface area contributed by atoms with E-state index < -0.39 is 12.0 Å². The molecular formula is C12H20N2O5. The molecule has 0 aliphatic heterocycles. The topological polar surface area (TPSA) is 105 Å². The van der Waals surface area contributed by atoms with Gasteiger partial charge in [-0.3, -0.25) is 14.9 Å². The molecule has 7 nitrogen and oxygen atoms in total. The highest BCUT2D eigenvalue weighted by Gasteiger charge is 2.30. The van der Waals surface area contributed by atoms with E-state index >= 15 is 0 Å². The Labute approximate surface area is 111 Å². The van der Waals surface area contributed by atoms with Crippen LogP contribution in [-0.4, -0.2) is 42.3 Å². The highest BCUT2D eigenvalue weighted by atomic mass is 16.5. The lowest BCUT2D eigenvalue weighted by Crippen LogP contribution is -2.51. The Hall–Kier alpha value is -1.63. The first kappa shape index (κ1) is 15.4. The van der Waals surface area contributed by atoms with Crippen LogP contribution in [0.4, 0.5) is 4.79 Å². The second kappa shape index (κ2) is 7.73. The highest BCUT2D eigenvalue weighted by Crippen LogP contribution is 2.22. The number of hydrogen-bond acceptors (Lipinski definition) is 4. The van der Waals surface area contributed by atoms with Crippen LogP contribution in [0.5, 0.6) is 0 Å². The number of urea groups is 1. The van der Waals surface area contributed by atoms with Gasteiger partial charge >= 0.3 is 12.0 Å². The zero-order chi connectivity index (χ0) is 14.3. The first-order valence-electron chi connectivity index (χ1n) is 6.36. The Bertz CT molecular complexity index is 339. The molecule has 19 heavy (non-hydrogen) atoms. The molecule has 0 radical (unpaired) electrons. The molecule has 1 fully saturated rings. The number of methoxy groups -OCH3 is 1. The lowest BCUT2D eigenvalue weighted by molar-refractivity contribution is -0.137. The average Bonchev–Trinajstić information content (AvgIpc) is 2.28. The molecule has 0 atom stereocenters. The van der Waals surface area contributed by atoms with Crippen molar-refractivity contribution in [2.45, 2.75) is 50.7 Å². The van der Waals surface area contributed by atoms with Gasteiger partial charge in [-0.05, 0) is 25.7 Å². The molecule has 0 heterocycles. The molecule has 1 rings (SSSR count). The Morgan fingerprint density at radius 1 is 1.21 bits per heavy atom. The Kier molecular flexibility index (Phi) is 6.27. The number of aliphatic carboxylic acids is 1. The fourth-order valence-corrected chi connectivity index (χ4v) is 1.85. The van der Waals surface area contributed by atoms with Crippen molar-refractivity contribution in [3.8, 4) is 0 Å². The van der Waals surface area contributed by atoms with Gasteiger partial charge in [-0.2, -0.15) is 0 Å². The van der Waals surface area contributed by atoms with Crippen LogP contribution in [-0.2, 0) is 14.3 Å². The van der Waals surface area contributed by atoms with E-state index in [-0.39, 0.29) is 30.9 Å². The van der Waals surface area contributed by atoms with Crippen molar-refractivity contribution in [2.75, 3.05) is 7.11 Å². The average molecular weight is 272 g/mol. The number of ether oxygens (including phenoxy) is 1. The maximum Gasteiger partial charge on any atom is 0.321 e. The van der Waals surface area contributed by atoms with Crippen molar-refractivity contribution in [1.82, 2.24) is 10.6 Å². The largest absolute Gasteiger partial charge is 0.481 e. The molecule has 108 valence electrons. The van der Waals surface area contributed by atoms with Crippen LogP contribution < -0.4 is 10.6 Å². The van der Waals surface area contributed by atoms with E-state index in [9.17, 15) is 14.4 Å². The SMILES string of the molecule is COC1CC(NC(=O)NC(=O)CCCCC(=O)O)C1. The van der Waals surface area contributed by atoms with E-state index in [0.717, 1.165) is 12.8 Å². The third-order valence-electron chi connectivity index (χ3n) is 3.06. The number of carboxylic acids is 1. The monoisotopic (exact) mass is 272 g/mol. The lowest BCUT2D eigenvalue weighted by atomic mass is 9.89. The Morgan fingerprint density at radius 2 is 1.84 bits per heavy atom. The Balaban J connectivity index is 2.05. The van der Waals surface area contributed by atoms with Crippen LogP contribution in [0.2, 0.25) is 0 Å². The molecule has 0 spiro atoms. The summed E-state index contributed by atoms with van der Waals surface area (Å²) >= 11 is 0. The molecule has 0 bridgehead atoms. The van der Waals surface area contributed by atoms with Gasteiger partial charge in [-0.25, -0.2) is 4.79 Å². The van der Waals surface area contributed by atoms with Gasteiger partial charge in [0, 0.05) is 26.0 Å². The second-order valence-electron chi connectivity index (χ2n) is 4.65. The molecule has 0 aromatic carbocycles. The van der Waals surface area contributed by atoms with Gasteiger partial charge < -0.3 is 15.2 Å². The number of carbonyl (C=O) groups is 3. The quantitative estimate of drug-likeness (QED) is 0.590. The maximum absolute atomic E-state index is 11.4. The predicted octanol–water partition coefficient (Wildman–Crippen LogP) is 0.635. The first-order valence-corrected chi connectivity index (χ1v) is 6.36. The van der Waals surface area contributed by atoms with Gasteiger partial charge in [0.15, 0.2) is 0 Å². The standard InChI is InChI=1S/C12H20N2O5/c1-19-9-6-8(7-9)13-12(18)14-10(15)4-2-3-5-11(16)17/h8-9H,2-7H2,1H3,(H,16,17)(H2,13,14,15,18). The molecule has 1 aliphatic rings. The van der Waals surface area contributed by atoms with Crippen molar-refractivity contribution in [3.05, 3.63) is 0 Å². The maximum atomic E-state index is 11.4. The number of carbonyl (C=O) groups excluding carboxylic acids is 2. The molecule has 0 aromatic rings. The van der Waals surface area contributed by atoms with Gasteiger partial charge in [-0.15, -0.1) is 0 Å². The second-order valence-corrected chi connectivity index (χ2v) is 4.65. The zero-order valence-electron chi connectivity index (χ0n) is 11.0. The lowest BCUT2D eigenvalue weighted by Gasteiger charge is -2.34. The molecular weight excluding hydrogens is 252 g/mol. The van der Waals surface area contributed by atoms with Crippen molar-refractivity contribution in [1.29, 1.82) is 0 Å². The summed E-state index contributed by atoms with van der Waals surface area (Å²) in [5.41, 5.74) is 0. The molecule has 3 amide bonds. The first-order chi connectivity index (χ1) is 9.01. The number of imide groups is 1. The van der Waals surface area contributed by atoms with E-state index in [2.05, 4.69) is 10.6 Å². The minimum absolute atomic E-state index is 0.0416. The summed E-state index contributed by atoms with van der Waals surface area (Å²) in [6.07, 6.45) is 2.81. The minimum atomic E-state index is -0.879. The van der Waals surface area contributed by atoms with Crippen molar-refractivity contribution in [2.24, 2.45) is 0 Å². The van der Waals surface area contributed by atoms with Crippen LogP contribution in [0.1, 0.15) is 38.5 Å². The van der Waals surface area contributed by atoms with Crippen LogP contribution in [0.15, 0.2) is 0 Å².